The van der Waals surface area contributed by atoms with Crippen LogP contribution in [-0.2, 0) is 16.4 Å². The maximum Gasteiger partial charge on any atom is 0.253 e. The van der Waals surface area contributed by atoms with Gasteiger partial charge in [-0.2, -0.15) is 0 Å². The van der Waals surface area contributed by atoms with Crippen molar-refractivity contribution in [1.29, 1.82) is 0 Å². The summed E-state index contributed by atoms with van der Waals surface area (Å²) in [6.07, 6.45) is 6.90. The molecule has 25 heavy (non-hydrogen) atoms. The van der Waals surface area contributed by atoms with Gasteiger partial charge >= 0.3 is 0 Å². The quantitative estimate of drug-likeness (QED) is 0.838. The Morgan fingerprint density at radius 1 is 1.28 bits per heavy atom. The van der Waals surface area contributed by atoms with Crippen LogP contribution in [0.4, 0.5) is 0 Å². The molecule has 7 heteroatoms. The molecule has 3 rings (SSSR count). The van der Waals surface area contributed by atoms with Crippen molar-refractivity contribution in [3.8, 4) is 0 Å². The van der Waals surface area contributed by atoms with E-state index in [-0.39, 0.29) is 16.7 Å². The Labute approximate surface area is 148 Å². The summed E-state index contributed by atoms with van der Waals surface area (Å²) >= 11 is 0. The van der Waals surface area contributed by atoms with Crippen molar-refractivity contribution >= 4 is 15.7 Å². The Morgan fingerprint density at radius 3 is 2.64 bits per heavy atom. The summed E-state index contributed by atoms with van der Waals surface area (Å²) in [5.74, 6) is 1.22. The number of benzene rings is 1. The molecule has 1 aliphatic heterocycles. The number of imidazole rings is 1. The summed E-state index contributed by atoms with van der Waals surface area (Å²) in [6.45, 7) is 4.31. The summed E-state index contributed by atoms with van der Waals surface area (Å²) < 4.78 is 25.2. The highest BCUT2D eigenvalue weighted by Crippen LogP contribution is 2.27. The fourth-order valence-electron chi connectivity index (χ4n) is 3.35. The average molecular weight is 361 g/mol. The third-order valence-corrected chi connectivity index (χ3v) is 5.82. The normalized spacial score (nSPS) is 18.3. The average Bonchev–Trinajstić information content (AvgIpc) is 3.09. The van der Waals surface area contributed by atoms with E-state index < -0.39 is 9.84 Å². The molecule has 1 atom stereocenters. The van der Waals surface area contributed by atoms with Gasteiger partial charge in [0.05, 0.1) is 4.90 Å². The zero-order valence-corrected chi connectivity index (χ0v) is 15.4. The number of piperidine rings is 1. The van der Waals surface area contributed by atoms with Gasteiger partial charge in [-0.05, 0) is 44.0 Å². The van der Waals surface area contributed by atoms with Crippen molar-refractivity contribution in [3.05, 3.63) is 48.0 Å². The number of sulfone groups is 1. The lowest BCUT2D eigenvalue weighted by atomic mass is 9.96. The van der Waals surface area contributed by atoms with Crippen LogP contribution in [0.1, 0.15) is 41.9 Å². The largest absolute Gasteiger partial charge is 0.338 e. The van der Waals surface area contributed by atoms with Crippen LogP contribution in [-0.4, -0.2) is 48.1 Å². The third kappa shape index (κ3) is 3.76. The van der Waals surface area contributed by atoms with E-state index in [0.717, 1.165) is 38.0 Å². The van der Waals surface area contributed by atoms with Gasteiger partial charge in [0.25, 0.3) is 5.91 Å². The highest BCUT2D eigenvalue weighted by molar-refractivity contribution is 7.90. The van der Waals surface area contributed by atoms with Crippen LogP contribution in [0.3, 0.4) is 0 Å². The maximum atomic E-state index is 12.8. The number of amides is 1. The molecule has 0 radical (unpaired) electrons. The van der Waals surface area contributed by atoms with Crippen molar-refractivity contribution in [2.24, 2.45) is 0 Å². The second-order valence-electron chi connectivity index (χ2n) is 6.46. The monoisotopic (exact) mass is 361 g/mol. The number of carbonyl (C=O) groups is 1. The van der Waals surface area contributed by atoms with Crippen molar-refractivity contribution in [2.45, 2.75) is 37.1 Å². The fraction of sp³-hybridized carbons (Fsp3) is 0.444. The minimum atomic E-state index is -3.25. The summed E-state index contributed by atoms with van der Waals surface area (Å²) in [4.78, 5) is 19.3. The van der Waals surface area contributed by atoms with Gasteiger partial charge in [0.1, 0.15) is 5.82 Å². The first kappa shape index (κ1) is 17.7. The lowest BCUT2D eigenvalue weighted by Gasteiger charge is -2.32. The minimum absolute atomic E-state index is 0.0562. The standard InChI is InChI=1S/C18H23N3O3S/c1-3-20-12-10-19-17(20)15-5-4-11-21(13-15)18(22)14-6-8-16(9-7-14)25(2,23)24/h6-10,12,15H,3-5,11,13H2,1-2H3/t15-/m0/s1. The van der Waals surface area contributed by atoms with E-state index in [1.165, 1.54) is 12.1 Å². The van der Waals surface area contributed by atoms with E-state index in [1.807, 2.05) is 17.3 Å². The van der Waals surface area contributed by atoms with Crippen LogP contribution in [0.25, 0.3) is 0 Å². The number of nitrogens with zero attached hydrogens (tertiary/aromatic N) is 3. The topological polar surface area (TPSA) is 72.3 Å². The van der Waals surface area contributed by atoms with Crippen LogP contribution in [0.2, 0.25) is 0 Å². The van der Waals surface area contributed by atoms with Gasteiger partial charge in [-0.1, -0.05) is 0 Å². The number of hydrogen-bond acceptors (Lipinski definition) is 4. The molecule has 1 aromatic carbocycles. The Morgan fingerprint density at radius 2 is 2.00 bits per heavy atom. The molecule has 0 saturated carbocycles. The molecule has 0 spiro atoms. The Balaban J connectivity index is 1.76. The minimum Gasteiger partial charge on any atom is -0.338 e. The maximum absolute atomic E-state index is 12.8. The van der Waals surface area contributed by atoms with Crippen LogP contribution < -0.4 is 0 Å². The zero-order chi connectivity index (χ0) is 18.0. The molecule has 1 aromatic heterocycles. The molecule has 6 nitrogen and oxygen atoms in total. The van der Waals surface area contributed by atoms with Crippen LogP contribution in [0.15, 0.2) is 41.6 Å². The molecule has 0 aliphatic carbocycles. The van der Waals surface area contributed by atoms with Crippen molar-refractivity contribution in [2.75, 3.05) is 19.3 Å². The van der Waals surface area contributed by atoms with E-state index >= 15 is 0 Å². The molecule has 0 unspecified atom stereocenters. The third-order valence-electron chi connectivity index (χ3n) is 4.69. The van der Waals surface area contributed by atoms with E-state index in [1.54, 1.807) is 12.1 Å². The SMILES string of the molecule is CCn1ccnc1[C@H]1CCCN(C(=O)c2ccc(S(C)(=O)=O)cc2)C1. The summed E-state index contributed by atoms with van der Waals surface area (Å²) in [5.41, 5.74) is 0.520. The van der Waals surface area contributed by atoms with Crippen molar-refractivity contribution < 1.29 is 13.2 Å². The summed E-state index contributed by atoms with van der Waals surface area (Å²) in [7, 11) is -3.25. The van der Waals surface area contributed by atoms with Gasteiger partial charge in [0.15, 0.2) is 9.84 Å². The van der Waals surface area contributed by atoms with Gasteiger partial charge in [-0.15, -0.1) is 0 Å². The van der Waals surface area contributed by atoms with Crippen LogP contribution in [0, 0.1) is 0 Å². The van der Waals surface area contributed by atoms with Crippen molar-refractivity contribution in [1.82, 2.24) is 14.5 Å². The first-order valence-corrected chi connectivity index (χ1v) is 10.4. The van der Waals surface area contributed by atoms with Crippen LogP contribution in [0.5, 0.6) is 0 Å². The predicted octanol–water partition coefficient (Wildman–Crippen LogP) is 2.33. The molecular formula is C18H23N3O3S. The van der Waals surface area contributed by atoms with Gasteiger partial charge in [0, 0.05) is 49.8 Å². The highest BCUT2D eigenvalue weighted by Gasteiger charge is 2.27. The van der Waals surface area contributed by atoms with E-state index in [4.69, 9.17) is 0 Å². The van der Waals surface area contributed by atoms with E-state index in [2.05, 4.69) is 16.5 Å². The first-order valence-electron chi connectivity index (χ1n) is 8.50. The van der Waals surface area contributed by atoms with E-state index in [9.17, 15) is 13.2 Å². The number of aryl methyl sites for hydroxylation is 1. The predicted molar refractivity (Wildman–Crippen MR) is 95.3 cm³/mol. The summed E-state index contributed by atoms with van der Waals surface area (Å²) in [6, 6.07) is 6.17. The second-order valence-corrected chi connectivity index (χ2v) is 8.47. The highest BCUT2D eigenvalue weighted by atomic mass is 32.2. The van der Waals surface area contributed by atoms with Gasteiger partial charge in [0.2, 0.25) is 0 Å². The fourth-order valence-corrected chi connectivity index (χ4v) is 3.98. The Bertz CT molecular complexity index is 856. The molecule has 1 aliphatic rings. The summed E-state index contributed by atoms with van der Waals surface area (Å²) in [5, 5.41) is 0. The van der Waals surface area contributed by atoms with Gasteiger partial charge in [-0.3, -0.25) is 4.79 Å². The number of carbonyl (C=O) groups excluding carboxylic acids is 1. The molecular weight excluding hydrogens is 338 g/mol. The van der Waals surface area contributed by atoms with Crippen molar-refractivity contribution in [3.63, 3.8) is 0 Å². The zero-order valence-electron chi connectivity index (χ0n) is 14.6. The second kappa shape index (κ2) is 7.00. The number of hydrogen-bond donors (Lipinski definition) is 0. The molecule has 0 bridgehead atoms. The lowest BCUT2D eigenvalue weighted by molar-refractivity contribution is 0.0703. The number of aromatic nitrogens is 2. The molecule has 2 heterocycles. The molecule has 1 amide bonds. The number of rotatable bonds is 4. The molecule has 2 aromatic rings. The van der Waals surface area contributed by atoms with Crippen LogP contribution >= 0.6 is 0 Å². The van der Waals surface area contributed by atoms with Gasteiger partial charge < -0.3 is 9.47 Å². The molecule has 1 fully saturated rings. The number of likely N-dealkylation sites (tertiary alicyclic amines) is 1. The smallest absolute Gasteiger partial charge is 0.253 e. The Hall–Kier alpha value is -2.15. The Kier molecular flexibility index (Phi) is 4.94. The van der Waals surface area contributed by atoms with E-state index in [0.29, 0.717) is 12.1 Å². The molecule has 134 valence electrons. The lowest BCUT2D eigenvalue weighted by Crippen LogP contribution is -2.39. The molecule has 0 N–H and O–H groups in total. The molecule has 1 saturated heterocycles. The first-order chi connectivity index (χ1) is 11.9. The van der Waals surface area contributed by atoms with Gasteiger partial charge in [-0.25, -0.2) is 13.4 Å².